The van der Waals surface area contributed by atoms with Gasteiger partial charge in [-0.3, -0.25) is 0 Å². The third-order valence-electron chi connectivity index (χ3n) is 13.1. The minimum Gasteiger partial charge on any atom is -0.311 e. The molecule has 69 heavy (non-hydrogen) atoms. The lowest BCUT2D eigenvalue weighted by Gasteiger charge is -2.27. The second kappa shape index (κ2) is 19.4. The van der Waals surface area contributed by atoms with Crippen molar-refractivity contribution in [3.8, 4) is 33.4 Å². The van der Waals surface area contributed by atoms with E-state index in [1.165, 1.54) is 50.1 Å². The fourth-order valence-corrected chi connectivity index (χ4v) is 9.21. The normalized spacial score (nSPS) is 11.0. The van der Waals surface area contributed by atoms with E-state index in [4.69, 9.17) is 0 Å². The number of hydrogen-bond acceptors (Lipinski definition) is 3. The average Bonchev–Trinajstić information content (AvgIpc) is 3.38. The molecule has 0 saturated carbocycles. The number of aryl methyl sites for hydroxylation is 6. The average molecular weight is 892 g/mol. The molecule has 3 heteroatoms. The maximum absolute atomic E-state index is 2.34. The second-order valence-electron chi connectivity index (χ2n) is 18.4. The van der Waals surface area contributed by atoms with Crippen molar-refractivity contribution < 1.29 is 0 Å². The topological polar surface area (TPSA) is 9.72 Å². The van der Waals surface area contributed by atoms with E-state index in [-0.39, 0.29) is 0 Å². The van der Waals surface area contributed by atoms with Crippen LogP contribution in [-0.4, -0.2) is 0 Å². The summed E-state index contributed by atoms with van der Waals surface area (Å²) >= 11 is 0. The number of hydrogen-bond donors (Lipinski definition) is 0. The minimum absolute atomic E-state index is 1.10. The van der Waals surface area contributed by atoms with Crippen LogP contribution in [0.5, 0.6) is 0 Å². The smallest absolute Gasteiger partial charge is 0.0462 e. The van der Waals surface area contributed by atoms with Crippen LogP contribution in [0.4, 0.5) is 51.2 Å². The Morgan fingerprint density at radius 2 is 0.362 bits per heavy atom. The van der Waals surface area contributed by atoms with Crippen LogP contribution in [0.1, 0.15) is 33.4 Å². The molecule has 0 aliphatic rings. The van der Waals surface area contributed by atoms with Gasteiger partial charge < -0.3 is 14.7 Å². The molecule has 0 aliphatic carbocycles. The molecule has 10 aromatic carbocycles. The molecule has 0 unspecified atom stereocenters. The highest BCUT2D eigenvalue weighted by Crippen LogP contribution is 2.45. The monoisotopic (exact) mass is 891 g/mol. The lowest BCUT2D eigenvalue weighted by atomic mass is 9.87. The zero-order chi connectivity index (χ0) is 47.4. The van der Waals surface area contributed by atoms with Crippen molar-refractivity contribution >= 4 is 51.2 Å². The second-order valence-corrected chi connectivity index (χ2v) is 18.4. The molecular weight excluding hydrogens is 835 g/mol. The SMILES string of the molecule is Cc1ccc(N(c2ccc(C)cc2)c2ccc(-c3cccc(-c4ccc(N(c5ccc(C)cc5)c5ccc(C)cc5)cc4)c3-c3ccc(N(c4ccc(C)cc4)c4ccc(C)cc4)cc3)cc2)cc1. The summed E-state index contributed by atoms with van der Waals surface area (Å²) in [6, 6.07) is 86.8. The molecule has 0 atom stereocenters. The maximum atomic E-state index is 2.34. The molecular formula is C66H57N3. The summed E-state index contributed by atoms with van der Waals surface area (Å²) in [7, 11) is 0. The van der Waals surface area contributed by atoms with Crippen molar-refractivity contribution in [2.24, 2.45) is 0 Å². The standard InChI is InChI=1S/C66H57N3/c1-46-10-28-55(29-11-46)67(56-30-12-47(2)13-31-56)61-40-22-52(23-41-61)64-8-7-9-65(53-24-42-62(43-25-53)68(57-32-14-48(3)15-33-57)58-34-16-49(4)17-35-58)66(64)54-26-44-63(45-27-54)69(59-36-18-50(5)19-37-59)60-38-20-51(6)21-39-60/h7-45H,1-6H3. The van der Waals surface area contributed by atoms with Crippen LogP contribution in [0.25, 0.3) is 33.4 Å². The first-order chi connectivity index (χ1) is 33.6. The van der Waals surface area contributed by atoms with E-state index in [1.54, 1.807) is 0 Å². The molecule has 0 bridgehead atoms. The quantitative estimate of drug-likeness (QED) is 0.121. The van der Waals surface area contributed by atoms with Crippen molar-refractivity contribution in [3.63, 3.8) is 0 Å². The molecule has 0 aliphatic heterocycles. The third kappa shape index (κ3) is 9.59. The summed E-state index contributed by atoms with van der Waals surface area (Å²) in [5, 5.41) is 0. The Balaban J connectivity index is 1.09. The third-order valence-corrected chi connectivity index (χ3v) is 13.1. The van der Waals surface area contributed by atoms with E-state index >= 15 is 0 Å². The van der Waals surface area contributed by atoms with Crippen molar-refractivity contribution in [2.45, 2.75) is 41.5 Å². The van der Waals surface area contributed by atoms with Crippen LogP contribution in [0.3, 0.4) is 0 Å². The van der Waals surface area contributed by atoms with Crippen LogP contribution in [0, 0.1) is 41.5 Å². The molecule has 0 amide bonds. The molecule has 0 fully saturated rings. The van der Waals surface area contributed by atoms with Gasteiger partial charge in [0, 0.05) is 51.2 Å². The minimum atomic E-state index is 1.10. The van der Waals surface area contributed by atoms with Gasteiger partial charge in [0.05, 0.1) is 0 Å². The van der Waals surface area contributed by atoms with E-state index in [2.05, 4.69) is 293 Å². The fraction of sp³-hybridized carbons (Fsp3) is 0.0909. The fourth-order valence-electron chi connectivity index (χ4n) is 9.21. The Morgan fingerprint density at radius 1 is 0.188 bits per heavy atom. The first kappa shape index (κ1) is 44.4. The van der Waals surface area contributed by atoms with Crippen molar-refractivity contribution in [1.82, 2.24) is 0 Å². The Kier molecular flexibility index (Phi) is 12.5. The molecule has 10 rings (SSSR count). The summed E-state index contributed by atoms with van der Waals surface area (Å²) in [5.41, 5.74) is 24.4. The first-order valence-corrected chi connectivity index (χ1v) is 23.9. The zero-order valence-electron chi connectivity index (χ0n) is 40.4. The molecule has 0 saturated heterocycles. The summed E-state index contributed by atoms with van der Waals surface area (Å²) in [5.74, 6) is 0. The van der Waals surface area contributed by atoms with Gasteiger partial charge >= 0.3 is 0 Å². The van der Waals surface area contributed by atoms with Crippen LogP contribution in [0.2, 0.25) is 0 Å². The molecule has 0 spiro atoms. The van der Waals surface area contributed by atoms with Gasteiger partial charge in [0.1, 0.15) is 0 Å². The van der Waals surface area contributed by atoms with Crippen molar-refractivity contribution in [3.05, 3.63) is 270 Å². The highest BCUT2D eigenvalue weighted by Gasteiger charge is 2.20. The molecule has 336 valence electrons. The van der Waals surface area contributed by atoms with Gasteiger partial charge in [-0.2, -0.15) is 0 Å². The Morgan fingerprint density at radius 3 is 0.565 bits per heavy atom. The van der Waals surface area contributed by atoms with Gasteiger partial charge in [0.2, 0.25) is 0 Å². The largest absolute Gasteiger partial charge is 0.311 e. The van der Waals surface area contributed by atoms with Crippen LogP contribution in [-0.2, 0) is 0 Å². The van der Waals surface area contributed by atoms with Gasteiger partial charge in [-0.25, -0.2) is 0 Å². The van der Waals surface area contributed by atoms with Crippen molar-refractivity contribution in [1.29, 1.82) is 0 Å². The molecule has 10 aromatic rings. The van der Waals surface area contributed by atoms with Gasteiger partial charge in [-0.15, -0.1) is 0 Å². The Bertz CT molecular complexity index is 3010. The lowest BCUT2D eigenvalue weighted by Crippen LogP contribution is -2.10. The Hall–Kier alpha value is -8.40. The molecule has 0 N–H and O–H groups in total. The molecule has 0 radical (unpaired) electrons. The lowest BCUT2D eigenvalue weighted by molar-refractivity contribution is 1.27. The van der Waals surface area contributed by atoms with Gasteiger partial charge in [0.25, 0.3) is 0 Å². The molecule has 3 nitrogen and oxygen atoms in total. The predicted molar refractivity (Wildman–Crippen MR) is 295 cm³/mol. The van der Waals surface area contributed by atoms with Crippen LogP contribution in [0.15, 0.2) is 237 Å². The van der Waals surface area contributed by atoms with E-state index in [0.717, 1.165) is 67.9 Å². The maximum Gasteiger partial charge on any atom is 0.0462 e. The summed E-state index contributed by atoms with van der Waals surface area (Å²) < 4.78 is 0. The van der Waals surface area contributed by atoms with Crippen LogP contribution < -0.4 is 14.7 Å². The first-order valence-electron chi connectivity index (χ1n) is 23.9. The van der Waals surface area contributed by atoms with Gasteiger partial charge in [0.15, 0.2) is 0 Å². The van der Waals surface area contributed by atoms with Gasteiger partial charge in [-0.05, 0) is 184 Å². The Labute approximate surface area is 408 Å². The van der Waals surface area contributed by atoms with E-state index < -0.39 is 0 Å². The number of benzene rings is 10. The number of nitrogens with zero attached hydrogens (tertiary/aromatic N) is 3. The summed E-state index contributed by atoms with van der Waals surface area (Å²) in [4.78, 5) is 7.02. The highest BCUT2D eigenvalue weighted by molar-refractivity contribution is 5.96. The van der Waals surface area contributed by atoms with Gasteiger partial charge in [-0.1, -0.05) is 161 Å². The summed E-state index contributed by atoms with van der Waals surface area (Å²) in [6.45, 7) is 12.8. The van der Waals surface area contributed by atoms with E-state index in [9.17, 15) is 0 Å². The number of anilines is 9. The molecule has 0 aromatic heterocycles. The predicted octanol–water partition coefficient (Wildman–Crippen LogP) is 18.9. The highest BCUT2D eigenvalue weighted by atomic mass is 15.2. The zero-order valence-corrected chi connectivity index (χ0v) is 40.4. The van der Waals surface area contributed by atoms with Crippen LogP contribution >= 0.6 is 0 Å². The van der Waals surface area contributed by atoms with E-state index in [0.29, 0.717) is 0 Å². The summed E-state index contributed by atoms with van der Waals surface area (Å²) in [6.07, 6.45) is 0. The molecule has 0 heterocycles. The van der Waals surface area contributed by atoms with Crippen molar-refractivity contribution in [2.75, 3.05) is 14.7 Å². The number of rotatable bonds is 12. The van der Waals surface area contributed by atoms with E-state index in [1.807, 2.05) is 0 Å².